The van der Waals surface area contributed by atoms with Gasteiger partial charge in [0.2, 0.25) is 0 Å². The Bertz CT molecular complexity index is 552. The molecule has 0 amide bonds. The Hall–Kier alpha value is -0.820. The Morgan fingerprint density at radius 1 is 1.11 bits per heavy atom. The Morgan fingerprint density at radius 3 is 2.48 bits per heavy atom. The highest BCUT2D eigenvalue weighted by molar-refractivity contribution is 14.0. The number of hydrogen-bond donors (Lipinski definition) is 1. The topological polar surface area (TPSA) is 36.9 Å². The van der Waals surface area contributed by atoms with Gasteiger partial charge in [0.15, 0.2) is 5.96 Å². The SMILES string of the molecule is CCNC(=NCC1CCC(c2ccccc2)CC1)N(C)CC1CCOC1.I. The molecule has 0 aromatic heterocycles. The van der Waals surface area contributed by atoms with Crippen molar-refractivity contribution in [1.29, 1.82) is 0 Å². The fourth-order valence-electron chi connectivity index (χ4n) is 4.29. The molecule has 2 aliphatic rings. The second-order valence-electron chi connectivity index (χ2n) is 7.93. The average molecular weight is 485 g/mol. The fraction of sp³-hybridized carbons (Fsp3) is 0.682. The smallest absolute Gasteiger partial charge is 0.193 e. The number of rotatable bonds is 6. The third-order valence-electron chi connectivity index (χ3n) is 5.87. The molecular weight excluding hydrogens is 449 g/mol. The molecule has 1 aromatic rings. The summed E-state index contributed by atoms with van der Waals surface area (Å²) < 4.78 is 5.51. The standard InChI is InChI=1S/C22H35N3O.HI/c1-3-23-22(25(2)16-19-13-14-26-17-19)24-15-18-9-11-21(12-10-18)20-7-5-4-6-8-20;/h4-8,18-19,21H,3,9-17H2,1-2H3,(H,23,24);1H. The van der Waals surface area contributed by atoms with Crippen LogP contribution in [0.5, 0.6) is 0 Å². The van der Waals surface area contributed by atoms with Crippen LogP contribution in [0.3, 0.4) is 0 Å². The Labute approximate surface area is 182 Å². The van der Waals surface area contributed by atoms with Crippen molar-refractivity contribution in [2.45, 2.75) is 44.9 Å². The summed E-state index contributed by atoms with van der Waals surface area (Å²) in [5.41, 5.74) is 1.52. The Morgan fingerprint density at radius 2 is 1.85 bits per heavy atom. The van der Waals surface area contributed by atoms with E-state index in [0.29, 0.717) is 5.92 Å². The van der Waals surface area contributed by atoms with E-state index in [1.807, 2.05) is 0 Å². The molecule has 4 nitrogen and oxygen atoms in total. The van der Waals surface area contributed by atoms with Gasteiger partial charge in [-0.2, -0.15) is 0 Å². The van der Waals surface area contributed by atoms with E-state index < -0.39 is 0 Å². The number of benzene rings is 1. The lowest BCUT2D eigenvalue weighted by atomic mass is 9.79. The van der Waals surface area contributed by atoms with Crippen molar-refractivity contribution in [2.75, 3.05) is 39.9 Å². The minimum Gasteiger partial charge on any atom is -0.381 e. The van der Waals surface area contributed by atoms with Crippen LogP contribution in [-0.4, -0.2) is 50.8 Å². The molecule has 5 heteroatoms. The minimum atomic E-state index is 0. The highest BCUT2D eigenvalue weighted by Crippen LogP contribution is 2.35. The molecule has 1 aromatic carbocycles. The van der Waals surface area contributed by atoms with Crippen molar-refractivity contribution >= 4 is 29.9 Å². The highest BCUT2D eigenvalue weighted by Gasteiger charge is 2.23. The van der Waals surface area contributed by atoms with Gasteiger partial charge >= 0.3 is 0 Å². The molecule has 0 spiro atoms. The van der Waals surface area contributed by atoms with Gasteiger partial charge in [-0.25, -0.2) is 0 Å². The van der Waals surface area contributed by atoms with Gasteiger partial charge < -0.3 is 15.0 Å². The minimum absolute atomic E-state index is 0. The molecule has 1 saturated carbocycles. The zero-order valence-corrected chi connectivity index (χ0v) is 19.2. The van der Waals surface area contributed by atoms with Crippen molar-refractivity contribution in [1.82, 2.24) is 10.2 Å². The van der Waals surface area contributed by atoms with Crippen LogP contribution >= 0.6 is 24.0 Å². The van der Waals surface area contributed by atoms with E-state index in [1.165, 1.54) is 37.7 Å². The van der Waals surface area contributed by atoms with Gasteiger partial charge in [0, 0.05) is 39.2 Å². The van der Waals surface area contributed by atoms with Crippen LogP contribution in [0.1, 0.15) is 50.5 Å². The molecule has 1 aliphatic carbocycles. The van der Waals surface area contributed by atoms with Crippen LogP contribution in [-0.2, 0) is 4.74 Å². The van der Waals surface area contributed by atoms with Gasteiger partial charge in [-0.3, -0.25) is 4.99 Å². The first-order chi connectivity index (χ1) is 12.8. The maximum atomic E-state index is 5.51. The summed E-state index contributed by atoms with van der Waals surface area (Å²) >= 11 is 0. The number of nitrogens with one attached hydrogen (secondary N) is 1. The normalized spacial score (nSPS) is 25.7. The zero-order valence-electron chi connectivity index (χ0n) is 16.9. The molecule has 152 valence electrons. The lowest BCUT2D eigenvalue weighted by Crippen LogP contribution is -2.41. The van der Waals surface area contributed by atoms with Gasteiger partial charge in [-0.1, -0.05) is 30.3 Å². The third kappa shape index (κ3) is 6.93. The molecular formula is C22H36IN3O. The number of guanidine groups is 1. The highest BCUT2D eigenvalue weighted by atomic mass is 127. The molecule has 2 fully saturated rings. The predicted octanol–water partition coefficient (Wildman–Crippen LogP) is 4.51. The molecule has 1 unspecified atom stereocenters. The van der Waals surface area contributed by atoms with Crippen molar-refractivity contribution in [3.63, 3.8) is 0 Å². The van der Waals surface area contributed by atoms with E-state index >= 15 is 0 Å². The second-order valence-corrected chi connectivity index (χ2v) is 7.93. The first-order valence-electron chi connectivity index (χ1n) is 10.4. The fourth-order valence-corrected chi connectivity index (χ4v) is 4.29. The number of ether oxygens (including phenoxy) is 1. The molecule has 0 radical (unpaired) electrons. The zero-order chi connectivity index (χ0) is 18.2. The Balaban J connectivity index is 0.00000261. The van der Waals surface area contributed by atoms with Gasteiger partial charge in [-0.15, -0.1) is 24.0 Å². The average Bonchev–Trinajstić information content (AvgIpc) is 3.19. The van der Waals surface area contributed by atoms with Gasteiger partial charge in [0.05, 0.1) is 6.61 Å². The van der Waals surface area contributed by atoms with E-state index in [1.54, 1.807) is 0 Å². The summed E-state index contributed by atoms with van der Waals surface area (Å²) in [7, 11) is 2.16. The monoisotopic (exact) mass is 485 g/mol. The van der Waals surface area contributed by atoms with Crippen LogP contribution in [0.25, 0.3) is 0 Å². The lowest BCUT2D eigenvalue weighted by Gasteiger charge is -2.29. The number of hydrogen-bond acceptors (Lipinski definition) is 2. The van der Waals surface area contributed by atoms with Crippen LogP contribution in [0.2, 0.25) is 0 Å². The molecule has 1 atom stereocenters. The quantitative estimate of drug-likeness (QED) is 0.366. The van der Waals surface area contributed by atoms with Gasteiger partial charge in [0.25, 0.3) is 0 Å². The summed E-state index contributed by atoms with van der Waals surface area (Å²) in [6.45, 7) is 6.87. The second kappa shape index (κ2) is 11.9. The van der Waals surface area contributed by atoms with Crippen molar-refractivity contribution < 1.29 is 4.74 Å². The molecule has 1 aliphatic heterocycles. The Kier molecular flexibility index (Phi) is 9.90. The van der Waals surface area contributed by atoms with Crippen LogP contribution in [0.4, 0.5) is 0 Å². The first kappa shape index (κ1) is 22.5. The maximum Gasteiger partial charge on any atom is 0.193 e. The summed E-state index contributed by atoms with van der Waals surface area (Å²) in [6, 6.07) is 11.0. The summed E-state index contributed by atoms with van der Waals surface area (Å²) in [4.78, 5) is 7.26. The number of aliphatic imine (C=N–C) groups is 1. The maximum absolute atomic E-state index is 5.51. The van der Waals surface area contributed by atoms with Crippen LogP contribution < -0.4 is 5.32 Å². The molecule has 27 heavy (non-hydrogen) atoms. The van der Waals surface area contributed by atoms with Crippen molar-refractivity contribution in [2.24, 2.45) is 16.8 Å². The largest absolute Gasteiger partial charge is 0.381 e. The number of halogens is 1. The van der Waals surface area contributed by atoms with Crippen LogP contribution in [0.15, 0.2) is 35.3 Å². The van der Waals surface area contributed by atoms with Gasteiger partial charge in [0.1, 0.15) is 0 Å². The van der Waals surface area contributed by atoms with E-state index in [2.05, 4.69) is 54.5 Å². The van der Waals surface area contributed by atoms with Crippen molar-refractivity contribution in [3.8, 4) is 0 Å². The van der Waals surface area contributed by atoms with Crippen molar-refractivity contribution in [3.05, 3.63) is 35.9 Å². The molecule has 0 bridgehead atoms. The molecule has 3 rings (SSSR count). The summed E-state index contributed by atoms with van der Waals surface area (Å²) in [5, 5.41) is 3.47. The predicted molar refractivity (Wildman–Crippen MR) is 124 cm³/mol. The van der Waals surface area contributed by atoms with E-state index in [4.69, 9.17) is 9.73 Å². The van der Waals surface area contributed by atoms with Crippen LogP contribution in [0, 0.1) is 11.8 Å². The molecule has 1 saturated heterocycles. The van der Waals surface area contributed by atoms with E-state index in [-0.39, 0.29) is 24.0 Å². The van der Waals surface area contributed by atoms with E-state index in [0.717, 1.165) is 50.6 Å². The lowest BCUT2D eigenvalue weighted by molar-refractivity contribution is 0.181. The van der Waals surface area contributed by atoms with Gasteiger partial charge in [-0.05, 0) is 56.4 Å². The molecule has 1 N–H and O–H groups in total. The summed E-state index contributed by atoms with van der Waals surface area (Å²) in [5.74, 6) is 3.18. The third-order valence-corrected chi connectivity index (χ3v) is 5.87. The summed E-state index contributed by atoms with van der Waals surface area (Å²) in [6.07, 6.45) is 6.37. The van der Waals surface area contributed by atoms with E-state index in [9.17, 15) is 0 Å². The first-order valence-corrected chi connectivity index (χ1v) is 10.4. The number of nitrogens with zero attached hydrogens (tertiary/aromatic N) is 2. The molecule has 1 heterocycles.